The lowest BCUT2D eigenvalue weighted by molar-refractivity contribution is -0.124. The van der Waals surface area contributed by atoms with E-state index >= 15 is 0 Å². The first kappa shape index (κ1) is 17.8. The van der Waals surface area contributed by atoms with Gasteiger partial charge in [0.15, 0.2) is 6.61 Å². The minimum atomic E-state index is -0.155. The smallest absolute Gasteiger partial charge is 0.263 e. The molecule has 2 amide bonds. The minimum Gasteiger partial charge on any atom is -0.484 e. The van der Waals surface area contributed by atoms with E-state index in [0.717, 1.165) is 17.7 Å². The third kappa shape index (κ3) is 4.96. The molecule has 2 heterocycles. The van der Waals surface area contributed by atoms with Crippen LogP contribution in [-0.2, 0) is 4.79 Å². The van der Waals surface area contributed by atoms with Crippen LogP contribution in [0.4, 0.5) is 0 Å². The Balaban J connectivity index is 1.40. The van der Waals surface area contributed by atoms with Crippen LogP contribution in [0.25, 0.3) is 0 Å². The summed E-state index contributed by atoms with van der Waals surface area (Å²) in [4.78, 5) is 26.9. The van der Waals surface area contributed by atoms with Gasteiger partial charge < -0.3 is 15.0 Å². The number of nitrogens with one attached hydrogen (secondary N) is 1. The number of ether oxygens (including phenoxy) is 1. The molecule has 2 aromatic rings. The van der Waals surface area contributed by atoms with Crippen molar-refractivity contribution in [2.75, 3.05) is 19.7 Å². The number of nitrogens with zero attached hydrogens (tertiary/aromatic N) is 1. The van der Waals surface area contributed by atoms with Crippen LogP contribution in [-0.4, -0.2) is 42.5 Å². The second-order valence-corrected chi connectivity index (χ2v) is 7.24. The van der Waals surface area contributed by atoms with Gasteiger partial charge in [-0.05, 0) is 48.6 Å². The molecule has 0 unspecified atom stereocenters. The quantitative estimate of drug-likeness (QED) is 0.869. The highest BCUT2D eigenvalue weighted by Crippen LogP contribution is 2.18. The molecular weight excluding hydrogens is 360 g/mol. The van der Waals surface area contributed by atoms with E-state index in [2.05, 4.69) is 5.32 Å². The van der Waals surface area contributed by atoms with Gasteiger partial charge in [-0.2, -0.15) is 0 Å². The van der Waals surface area contributed by atoms with E-state index in [-0.39, 0.29) is 24.5 Å². The lowest BCUT2D eigenvalue weighted by Crippen LogP contribution is -2.47. The number of amides is 2. The molecule has 1 aromatic carbocycles. The van der Waals surface area contributed by atoms with Crippen molar-refractivity contribution in [1.82, 2.24) is 10.2 Å². The minimum absolute atomic E-state index is 0.0318. The van der Waals surface area contributed by atoms with Crippen LogP contribution >= 0.6 is 22.9 Å². The third-order valence-corrected chi connectivity index (χ3v) is 5.17. The number of benzene rings is 1. The van der Waals surface area contributed by atoms with Gasteiger partial charge in [-0.25, -0.2) is 0 Å². The van der Waals surface area contributed by atoms with Crippen LogP contribution in [0, 0.1) is 0 Å². The molecule has 132 valence electrons. The molecule has 1 saturated heterocycles. The number of likely N-dealkylation sites (tertiary alicyclic amines) is 1. The fraction of sp³-hybridized carbons (Fsp3) is 0.333. The summed E-state index contributed by atoms with van der Waals surface area (Å²) in [6, 6.07) is 10.7. The van der Waals surface area contributed by atoms with Crippen LogP contribution in [0.1, 0.15) is 22.5 Å². The number of halogens is 1. The molecular formula is C18H19ClN2O3S. The molecule has 25 heavy (non-hydrogen) atoms. The zero-order valence-electron chi connectivity index (χ0n) is 13.6. The summed E-state index contributed by atoms with van der Waals surface area (Å²) in [5, 5.41) is 5.50. The van der Waals surface area contributed by atoms with Crippen molar-refractivity contribution in [3.8, 4) is 5.75 Å². The standard InChI is InChI=1S/C18H19ClN2O3S/c19-13-3-5-15(6-4-13)24-12-17(22)20-14-7-9-21(10-8-14)18(23)16-2-1-11-25-16/h1-6,11,14H,7-10,12H2,(H,20,22). The van der Waals surface area contributed by atoms with Crippen LogP contribution in [0.3, 0.4) is 0 Å². The van der Waals surface area contributed by atoms with Crippen molar-refractivity contribution in [3.05, 3.63) is 51.7 Å². The van der Waals surface area contributed by atoms with E-state index in [1.807, 2.05) is 22.4 Å². The molecule has 1 fully saturated rings. The number of carbonyl (C=O) groups is 2. The van der Waals surface area contributed by atoms with Gasteiger partial charge in [-0.1, -0.05) is 17.7 Å². The van der Waals surface area contributed by atoms with E-state index in [1.54, 1.807) is 24.3 Å². The number of hydrogen-bond acceptors (Lipinski definition) is 4. The fourth-order valence-electron chi connectivity index (χ4n) is 2.73. The normalized spacial score (nSPS) is 15.0. The number of carbonyl (C=O) groups excluding carboxylic acids is 2. The Morgan fingerprint density at radius 3 is 2.56 bits per heavy atom. The Hall–Kier alpha value is -2.05. The Bertz CT molecular complexity index is 710. The average molecular weight is 379 g/mol. The summed E-state index contributed by atoms with van der Waals surface area (Å²) < 4.78 is 5.44. The van der Waals surface area contributed by atoms with Gasteiger partial charge in [0.25, 0.3) is 11.8 Å². The Kier molecular flexibility index (Phi) is 5.94. The molecule has 3 rings (SSSR count). The maximum Gasteiger partial charge on any atom is 0.263 e. The first-order valence-corrected chi connectivity index (χ1v) is 9.38. The number of piperidine rings is 1. The average Bonchev–Trinajstić information content (AvgIpc) is 3.16. The molecule has 1 aliphatic rings. The van der Waals surface area contributed by atoms with Crippen molar-refractivity contribution in [2.24, 2.45) is 0 Å². The van der Waals surface area contributed by atoms with E-state index in [0.29, 0.717) is 23.9 Å². The van der Waals surface area contributed by atoms with Gasteiger partial charge in [-0.3, -0.25) is 9.59 Å². The van der Waals surface area contributed by atoms with Gasteiger partial charge in [0, 0.05) is 24.2 Å². The highest BCUT2D eigenvalue weighted by atomic mass is 35.5. The summed E-state index contributed by atoms with van der Waals surface area (Å²) in [6.45, 7) is 1.27. The lowest BCUT2D eigenvalue weighted by Gasteiger charge is -2.32. The first-order chi connectivity index (χ1) is 12.1. The molecule has 7 heteroatoms. The largest absolute Gasteiger partial charge is 0.484 e. The van der Waals surface area contributed by atoms with Gasteiger partial charge in [0.05, 0.1) is 4.88 Å². The molecule has 1 aromatic heterocycles. The molecule has 0 bridgehead atoms. The van der Waals surface area contributed by atoms with Gasteiger partial charge in [0.2, 0.25) is 0 Å². The summed E-state index contributed by atoms with van der Waals surface area (Å²) >= 11 is 7.26. The molecule has 5 nitrogen and oxygen atoms in total. The first-order valence-electron chi connectivity index (χ1n) is 8.12. The predicted octanol–water partition coefficient (Wildman–Crippen LogP) is 3.20. The Morgan fingerprint density at radius 1 is 1.20 bits per heavy atom. The highest BCUT2D eigenvalue weighted by Gasteiger charge is 2.25. The van der Waals surface area contributed by atoms with Crippen molar-refractivity contribution in [1.29, 1.82) is 0 Å². The topological polar surface area (TPSA) is 58.6 Å². The lowest BCUT2D eigenvalue weighted by atomic mass is 10.0. The van der Waals surface area contributed by atoms with Crippen LogP contribution in [0.5, 0.6) is 5.75 Å². The van der Waals surface area contributed by atoms with Crippen LogP contribution in [0.2, 0.25) is 5.02 Å². The zero-order valence-corrected chi connectivity index (χ0v) is 15.2. The van der Waals surface area contributed by atoms with Crippen molar-refractivity contribution in [3.63, 3.8) is 0 Å². The van der Waals surface area contributed by atoms with Crippen molar-refractivity contribution >= 4 is 34.8 Å². The molecule has 1 N–H and O–H groups in total. The highest BCUT2D eigenvalue weighted by molar-refractivity contribution is 7.12. The number of thiophene rings is 1. The van der Waals surface area contributed by atoms with Crippen molar-refractivity contribution in [2.45, 2.75) is 18.9 Å². The molecule has 0 aliphatic carbocycles. The van der Waals surface area contributed by atoms with Crippen molar-refractivity contribution < 1.29 is 14.3 Å². The third-order valence-electron chi connectivity index (χ3n) is 4.06. The van der Waals surface area contributed by atoms with E-state index in [1.165, 1.54) is 11.3 Å². The summed E-state index contributed by atoms with van der Waals surface area (Å²) in [5.74, 6) is 0.528. The number of rotatable bonds is 5. The van der Waals surface area contributed by atoms with E-state index in [4.69, 9.17) is 16.3 Å². The van der Waals surface area contributed by atoms with Crippen LogP contribution in [0.15, 0.2) is 41.8 Å². The summed E-state index contributed by atoms with van der Waals surface area (Å²) in [6.07, 6.45) is 1.51. The summed E-state index contributed by atoms with van der Waals surface area (Å²) in [5.41, 5.74) is 0. The van der Waals surface area contributed by atoms with E-state index in [9.17, 15) is 9.59 Å². The summed E-state index contributed by atoms with van der Waals surface area (Å²) in [7, 11) is 0. The van der Waals surface area contributed by atoms with Gasteiger partial charge >= 0.3 is 0 Å². The molecule has 0 spiro atoms. The van der Waals surface area contributed by atoms with E-state index < -0.39 is 0 Å². The Morgan fingerprint density at radius 2 is 1.92 bits per heavy atom. The monoisotopic (exact) mass is 378 g/mol. The maximum atomic E-state index is 12.3. The second kappa shape index (κ2) is 8.36. The number of hydrogen-bond donors (Lipinski definition) is 1. The fourth-order valence-corrected chi connectivity index (χ4v) is 3.55. The maximum absolute atomic E-state index is 12.3. The SMILES string of the molecule is O=C(COc1ccc(Cl)cc1)NC1CCN(C(=O)c2cccs2)CC1. The van der Waals surface area contributed by atoms with Gasteiger partial charge in [-0.15, -0.1) is 11.3 Å². The molecule has 1 aliphatic heterocycles. The van der Waals surface area contributed by atoms with Gasteiger partial charge in [0.1, 0.15) is 5.75 Å². The molecule has 0 atom stereocenters. The Labute approximate surface area is 155 Å². The predicted molar refractivity (Wildman–Crippen MR) is 98.3 cm³/mol. The second-order valence-electron chi connectivity index (χ2n) is 5.85. The molecule has 0 radical (unpaired) electrons. The van der Waals surface area contributed by atoms with Crippen LogP contribution < -0.4 is 10.1 Å². The zero-order chi connectivity index (χ0) is 17.6. The molecule has 0 saturated carbocycles.